The van der Waals surface area contributed by atoms with Crippen LogP contribution in [0.2, 0.25) is 0 Å². The average molecular weight is 321 g/mol. The molecule has 0 unspecified atom stereocenters. The maximum absolute atomic E-state index is 13.1. The third-order valence-corrected chi connectivity index (χ3v) is 3.78. The molecular weight excluding hydrogens is 307 g/mol. The molecule has 1 aromatic carbocycles. The van der Waals surface area contributed by atoms with Crippen LogP contribution >= 0.6 is 0 Å². The van der Waals surface area contributed by atoms with Gasteiger partial charge in [-0.1, -0.05) is 0 Å². The zero-order chi connectivity index (χ0) is 16.6. The first-order valence-corrected chi connectivity index (χ1v) is 7.15. The highest BCUT2D eigenvalue weighted by atomic mass is 19.4. The highest BCUT2D eigenvalue weighted by Gasteiger charge is 2.34. The Labute approximate surface area is 130 Å². The maximum atomic E-state index is 13.1. The summed E-state index contributed by atoms with van der Waals surface area (Å²) in [7, 11) is 0. The molecule has 23 heavy (non-hydrogen) atoms. The monoisotopic (exact) mass is 321 g/mol. The third-order valence-electron chi connectivity index (χ3n) is 3.78. The number of rotatable bonds is 2. The van der Waals surface area contributed by atoms with Gasteiger partial charge in [-0.25, -0.2) is 9.67 Å². The topological polar surface area (TPSA) is 66.5 Å². The van der Waals surface area contributed by atoms with E-state index in [1.54, 1.807) is 11.6 Å². The van der Waals surface area contributed by atoms with Crippen molar-refractivity contribution in [3.63, 3.8) is 0 Å². The summed E-state index contributed by atoms with van der Waals surface area (Å²) in [5.41, 5.74) is -0.646. The van der Waals surface area contributed by atoms with Gasteiger partial charge in [0.05, 0.1) is 23.7 Å². The molecule has 1 N–H and O–H groups in total. The predicted octanol–water partition coefficient (Wildman–Crippen LogP) is 2.90. The molecule has 3 rings (SSSR count). The molecule has 0 saturated heterocycles. The van der Waals surface area contributed by atoms with Gasteiger partial charge in [0.2, 0.25) is 0 Å². The number of aryl methyl sites for hydroxylation is 2. The number of benzene rings is 1. The molecule has 0 spiro atoms. The quantitative estimate of drug-likeness (QED) is 0.923. The van der Waals surface area contributed by atoms with Crippen LogP contribution in [0.1, 0.15) is 29.2 Å². The summed E-state index contributed by atoms with van der Waals surface area (Å²) < 4.78 is 41.1. The summed E-state index contributed by atoms with van der Waals surface area (Å²) in [6, 6.07) is 5.03. The van der Waals surface area contributed by atoms with Gasteiger partial charge < -0.3 is 5.32 Å². The number of hydrogen-bond donors (Lipinski definition) is 1. The predicted molar refractivity (Wildman–Crippen MR) is 76.6 cm³/mol. The maximum Gasteiger partial charge on any atom is 0.418 e. The van der Waals surface area contributed by atoms with Crippen LogP contribution in [0.15, 0.2) is 18.2 Å². The van der Waals surface area contributed by atoms with Crippen LogP contribution in [-0.2, 0) is 19.1 Å². The van der Waals surface area contributed by atoms with Gasteiger partial charge in [0.1, 0.15) is 11.6 Å². The number of nitrogens with one attached hydrogen (secondary N) is 1. The Hall–Kier alpha value is -2.56. The molecule has 0 amide bonds. The van der Waals surface area contributed by atoms with Gasteiger partial charge in [-0.05, 0) is 31.5 Å². The highest BCUT2D eigenvalue weighted by molar-refractivity contribution is 5.57. The van der Waals surface area contributed by atoms with Crippen LogP contribution in [0.3, 0.4) is 0 Å². The normalized spacial score (nSPS) is 17.4. The first-order valence-electron chi connectivity index (χ1n) is 7.15. The van der Waals surface area contributed by atoms with Crippen molar-refractivity contribution in [1.82, 2.24) is 14.8 Å². The smallest absolute Gasteiger partial charge is 0.380 e. The summed E-state index contributed by atoms with van der Waals surface area (Å²) in [5, 5.41) is 16.1. The second kappa shape index (κ2) is 5.57. The SMILES string of the molecule is Cc1nc2n(n1)C[C@H](Nc1cc(C#N)ccc1C(F)(F)F)CC2. The molecule has 1 aromatic heterocycles. The van der Waals surface area contributed by atoms with E-state index in [0.717, 1.165) is 11.9 Å². The number of alkyl halides is 3. The minimum Gasteiger partial charge on any atom is -0.380 e. The lowest BCUT2D eigenvalue weighted by Gasteiger charge is -2.26. The Bertz CT molecular complexity index is 772. The molecule has 1 aliphatic heterocycles. The zero-order valence-electron chi connectivity index (χ0n) is 12.4. The molecule has 0 fully saturated rings. The summed E-state index contributed by atoms with van der Waals surface area (Å²) >= 11 is 0. The lowest BCUT2D eigenvalue weighted by Crippen LogP contribution is -2.32. The van der Waals surface area contributed by atoms with Crippen molar-refractivity contribution in [2.75, 3.05) is 5.32 Å². The molecule has 2 heterocycles. The van der Waals surface area contributed by atoms with E-state index >= 15 is 0 Å². The molecule has 8 heteroatoms. The molecule has 0 aliphatic carbocycles. The van der Waals surface area contributed by atoms with Gasteiger partial charge >= 0.3 is 6.18 Å². The zero-order valence-corrected chi connectivity index (χ0v) is 12.4. The van der Waals surface area contributed by atoms with Gasteiger partial charge in [-0.15, -0.1) is 0 Å². The fourth-order valence-corrected chi connectivity index (χ4v) is 2.75. The van der Waals surface area contributed by atoms with Crippen molar-refractivity contribution in [2.45, 2.75) is 38.5 Å². The Balaban J connectivity index is 1.87. The molecule has 1 aliphatic rings. The number of halogens is 3. The molecule has 0 bridgehead atoms. The molecule has 0 radical (unpaired) electrons. The molecular formula is C15H14F3N5. The third kappa shape index (κ3) is 3.13. The summed E-state index contributed by atoms with van der Waals surface area (Å²) in [6.07, 6.45) is -3.16. The van der Waals surface area contributed by atoms with Crippen LogP contribution in [0.4, 0.5) is 18.9 Å². The molecule has 0 saturated carbocycles. The summed E-state index contributed by atoms with van der Waals surface area (Å²) in [6.45, 7) is 2.23. The van der Waals surface area contributed by atoms with Crippen molar-refractivity contribution in [3.05, 3.63) is 41.0 Å². The van der Waals surface area contributed by atoms with E-state index in [2.05, 4.69) is 15.4 Å². The minimum atomic E-state index is -4.47. The Morgan fingerprint density at radius 2 is 2.17 bits per heavy atom. The van der Waals surface area contributed by atoms with Crippen molar-refractivity contribution < 1.29 is 13.2 Å². The van der Waals surface area contributed by atoms with Gasteiger partial charge in [0, 0.05) is 18.2 Å². The van der Waals surface area contributed by atoms with E-state index < -0.39 is 11.7 Å². The van der Waals surface area contributed by atoms with Crippen molar-refractivity contribution in [2.24, 2.45) is 0 Å². The van der Waals surface area contributed by atoms with E-state index in [4.69, 9.17) is 5.26 Å². The summed E-state index contributed by atoms with van der Waals surface area (Å²) in [5.74, 6) is 1.51. The molecule has 5 nitrogen and oxygen atoms in total. The van der Waals surface area contributed by atoms with Crippen molar-refractivity contribution in [1.29, 1.82) is 5.26 Å². The number of aromatic nitrogens is 3. The van der Waals surface area contributed by atoms with E-state index in [1.807, 2.05) is 6.07 Å². The standard InChI is InChI=1S/C15H14F3N5/c1-9-20-14-5-3-11(8-23(14)22-9)21-13-6-10(7-19)2-4-12(13)15(16,17)18/h2,4,6,11,21H,3,5,8H2,1H3/t11-/m1/s1. The number of fused-ring (bicyclic) bond motifs is 1. The van der Waals surface area contributed by atoms with E-state index in [-0.39, 0.29) is 17.3 Å². The van der Waals surface area contributed by atoms with Gasteiger partial charge in [0.15, 0.2) is 0 Å². The first kappa shape index (κ1) is 15.3. The number of nitrogens with zero attached hydrogens (tertiary/aromatic N) is 4. The van der Waals surface area contributed by atoms with E-state index in [0.29, 0.717) is 25.2 Å². The average Bonchev–Trinajstić information content (AvgIpc) is 2.85. The van der Waals surface area contributed by atoms with Crippen molar-refractivity contribution >= 4 is 5.69 Å². The van der Waals surface area contributed by atoms with Crippen LogP contribution < -0.4 is 5.32 Å². The lowest BCUT2D eigenvalue weighted by molar-refractivity contribution is -0.137. The fraction of sp³-hybridized carbons (Fsp3) is 0.400. The highest BCUT2D eigenvalue weighted by Crippen LogP contribution is 2.36. The lowest BCUT2D eigenvalue weighted by atomic mass is 10.0. The van der Waals surface area contributed by atoms with E-state index in [1.165, 1.54) is 12.1 Å². The number of hydrogen-bond acceptors (Lipinski definition) is 4. The van der Waals surface area contributed by atoms with Crippen LogP contribution in [-0.4, -0.2) is 20.8 Å². The number of anilines is 1. The first-order chi connectivity index (χ1) is 10.9. The van der Waals surface area contributed by atoms with E-state index in [9.17, 15) is 13.2 Å². The second-order valence-electron chi connectivity index (χ2n) is 5.51. The van der Waals surface area contributed by atoms with Crippen molar-refractivity contribution in [3.8, 4) is 6.07 Å². The molecule has 120 valence electrons. The van der Waals surface area contributed by atoms with Crippen LogP contribution in [0, 0.1) is 18.3 Å². The largest absolute Gasteiger partial charge is 0.418 e. The van der Waals surface area contributed by atoms with Crippen LogP contribution in [0.5, 0.6) is 0 Å². The van der Waals surface area contributed by atoms with Gasteiger partial charge in [-0.2, -0.15) is 23.5 Å². The summed E-state index contributed by atoms with van der Waals surface area (Å²) in [4.78, 5) is 4.28. The second-order valence-corrected chi connectivity index (χ2v) is 5.51. The Morgan fingerprint density at radius 3 is 2.87 bits per heavy atom. The van der Waals surface area contributed by atoms with Gasteiger partial charge in [0.25, 0.3) is 0 Å². The van der Waals surface area contributed by atoms with Gasteiger partial charge in [-0.3, -0.25) is 0 Å². The molecule has 1 atom stereocenters. The Morgan fingerprint density at radius 1 is 1.39 bits per heavy atom. The van der Waals surface area contributed by atoms with Crippen LogP contribution in [0.25, 0.3) is 0 Å². The fourth-order valence-electron chi connectivity index (χ4n) is 2.75. The number of nitriles is 1. The Kier molecular flexibility index (Phi) is 3.72. The minimum absolute atomic E-state index is 0.0677. The molecule has 2 aromatic rings.